The number of nitrogens with zero attached hydrogens (tertiary/aromatic N) is 1. The highest BCUT2D eigenvalue weighted by Crippen LogP contribution is 2.24. The molecule has 0 saturated carbocycles. The van der Waals surface area contributed by atoms with Crippen LogP contribution in [0.3, 0.4) is 0 Å². The second-order valence-electron chi connectivity index (χ2n) is 5.69. The molecule has 3 rings (SSSR count). The third-order valence-corrected chi connectivity index (χ3v) is 4.00. The number of fused-ring (bicyclic) bond motifs is 1. The second-order valence-corrected chi connectivity index (χ2v) is 5.69. The van der Waals surface area contributed by atoms with E-state index in [9.17, 15) is 14.4 Å². The van der Waals surface area contributed by atoms with E-state index in [1.54, 1.807) is 55.6 Å². The van der Waals surface area contributed by atoms with Gasteiger partial charge in [0.25, 0.3) is 17.7 Å². The Morgan fingerprint density at radius 3 is 2.36 bits per heavy atom. The summed E-state index contributed by atoms with van der Waals surface area (Å²) >= 11 is 0. The Kier molecular flexibility index (Phi) is 4.90. The predicted octanol–water partition coefficient (Wildman–Crippen LogP) is 1.86. The lowest BCUT2D eigenvalue weighted by Gasteiger charge is -2.14. The Balaban J connectivity index is 1.74. The predicted molar refractivity (Wildman–Crippen MR) is 91.3 cm³/mol. The first kappa shape index (κ1) is 16.9. The van der Waals surface area contributed by atoms with Gasteiger partial charge in [-0.3, -0.25) is 19.3 Å². The lowest BCUT2D eigenvalue weighted by Crippen LogP contribution is -2.29. The van der Waals surface area contributed by atoms with Crippen molar-refractivity contribution in [2.75, 3.05) is 20.3 Å². The van der Waals surface area contributed by atoms with E-state index in [-0.39, 0.29) is 24.3 Å². The molecular formula is C19H18N2O4. The summed E-state index contributed by atoms with van der Waals surface area (Å²) in [5.41, 5.74) is 2.03. The van der Waals surface area contributed by atoms with E-state index in [4.69, 9.17) is 4.74 Å². The van der Waals surface area contributed by atoms with Gasteiger partial charge in [0, 0.05) is 19.2 Å². The van der Waals surface area contributed by atoms with Crippen molar-refractivity contribution < 1.29 is 19.1 Å². The molecule has 0 aliphatic carbocycles. The van der Waals surface area contributed by atoms with Crippen molar-refractivity contribution in [2.24, 2.45) is 0 Å². The Bertz CT molecular complexity index is 797. The van der Waals surface area contributed by atoms with E-state index in [1.807, 2.05) is 0 Å². The molecule has 0 radical (unpaired) electrons. The molecule has 1 heterocycles. The topological polar surface area (TPSA) is 75.7 Å². The summed E-state index contributed by atoms with van der Waals surface area (Å²) in [6.07, 6.45) is 0. The lowest BCUT2D eigenvalue weighted by atomic mass is 10.1. The molecule has 0 fully saturated rings. The summed E-state index contributed by atoms with van der Waals surface area (Å²) in [5.74, 6) is -0.840. The molecule has 25 heavy (non-hydrogen) atoms. The molecule has 3 amide bonds. The van der Waals surface area contributed by atoms with Gasteiger partial charge < -0.3 is 10.1 Å². The van der Waals surface area contributed by atoms with Crippen LogP contribution in [0.5, 0.6) is 0 Å². The van der Waals surface area contributed by atoms with Crippen molar-refractivity contribution in [2.45, 2.75) is 6.54 Å². The Hall–Kier alpha value is -2.99. The first-order valence-electron chi connectivity index (χ1n) is 7.93. The van der Waals surface area contributed by atoms with Crippen molar-refractivity contribution in [3.05, 3.63) is 70.8 Å². The minimum Gasteiger partial charge on any atom is -0.383 e. The number of methoxy groups -OCH3 is 1. The minimum atomic E-state index is -0.310. The highest BCUT2D eigenvalue weighted by molar-refractivity contribution is 6.21. The minimum absolute atomic E-state index is 0.130. The van der Waals surface area contributed by atoms with Crippen LogP contribution >= 0.6 is 0 Å². The van der Waals surface area contributed by atoms with Crippen LogP contribution in [0.1, 0.15) is 36.6 Å². The van der Waals surface area contributed by atoms with Gasteiger partial charge in [0.05, 0.1) is 24.3 Å². The van der Waals surface area contributed by atoms with Crippen molar-refractivity contribution in [1.29, 1.82) is 0 Å². The van der Waals surface area contributed by atoms with Crippen LogP contribution in [0.4, 0.5) is 0 Å². The van der Waals surface area contributed by atoms with Gasteiger partial charge in [-0.2, -0.15) is 0 Å². The number of carbonyl (C=O) groups is 3. The van der Waals surface area contributed by atoms with Crippen molar-refractivity contribution >= 4 is 17.7 Å². The SMILES string of the molecule is COCCNC(=O)c1cccc(CN2C(=O)c3ccccc3C2=O)c1. The maximum absolute atomic E-state index is 12.4. The summed E-state index contributed by atoms with van der Waals surface area (Å²) in [7, 11) is 1.56. The Morgan fingerprint density at radius 1 is 1.04 bits per heavy atom. The van der Waals surface area contributed by atoms with Gasteiger partial charge in [-0.25, -0.2) is 0 Å². The molecule has 2 aromatic carbocycles. The summed E-state index contributed by atoms with van der Waals surface area (Å²) in [5, 5.41) is 2.74. The lowest BCUT2D eigenvalue weighted by molar-refractivity contribution is 0.0642. The van der Waals surface area contributed by atoms with Crippen molar-refractivity contribution in [1.82, 2.24) is 10.2 Å². The van der Waals surface area contributed by atoms with Crippen molar-refractivity contribution in [3.63, 3.8) is 0 Å². The van der Waals surface area contributed by atoms with Crippen LogP contribution in [-0.4, -0.2) is 42.9 Å². The molecule has 0 bridgehead atoms. The Labute approximate surface area is 145 Å². The quantitative estimate of drug-likeness (QED) is 0.644. The number of hydrogen-bond acceptors (Lipinski definition) is 4. The van der Waals surface area contributed by atoms with E-state index in [0.29, 0.717) is 35.4 Å². The van der Waals surface area contributed by atoms with Gasteiger partial charge in [-0.1, -0.05) is 24.3 Å². The van der Waals surface area contributed by atoms with Gasteiger partial charge in [0.2, 0.25) is 0 Å². The highest BCUT2D eigenvalue weighted by atomic mass is 16.5. The van der Waals surface area contributed by atoms with Crippen LogP contribution < -0.4 is 5.32 Å². The smallest absolute Gasteiger partial charge is 0.261 e. The average molecular weight is 338 g/mol. The molecule has 0 saturated heterocycles. The van der Waals surface area contributed by atoms with Crippen LogP contribution in [0, 0.1) is 0 Å². The molecular weight excluding hydrogens is 320 g/mol. The zero-order chi connectivity index (χ0) is 17.8. The summed E-state index contributed by atoms with van der Waals surface area (Å²) in [4.78, 5) is 38.1. The van der Waals surface area contributed by atoms with Crippen LogP contribution in [-0.2, 0) is 11.3 Å². The zero-order valence-corrected chi connectivity index (χ0v) is 13.8. The molecule has 6 nitrogen and oxygen atoms in total. The number of imide groups is 1. The Morgan fingerprint density at radius 2 is 1.72 bits per heavy atom. The molecule has 1 N–H and O–H groups in total. The number of ether oxygens (including phenoxy) is 1. The summed E-state index contributed by atoms with van der Waals surface area (Å²) < 4.78 is 4.90. The number of nitrogens with one attached hydrogen (secondary N) is 1. The molecule has 2 aromatic rings. The molecule has 0 unspecified atom stereocenters. The number of carbonyl (C=O) groups excluding carboxylic acids is 3. The fourth-order valence-electron chi connectivity index (χ4n) is 2.74. The molecule has 0 aromatic heterocycles. The third-order valence-electron chi connectivity index (χ3n) is 4.00. The first-order valence-corrected chi connectivity index (χ1v) is 7.93. The van der Waals surface area contributed by atoms with Gasteiger partial charge in [-0.15, -0.1) is 0 Å². The van der Waals surface area contributed by atoms with E-state index in [1.165, 1.54) is 4.90 Å². The summed E-state index contributed by atoms with van der Waals surface area (Å²) in [6.45, 7) is 0.976. The van der Waals surface area contributed by atoms with Gasteiger partial charge in [0.15, 0.2) is 0 Å². The third kappa shape index (κ3) is 3.44. The maximum Gasteiger partial charge on any atom is 0.261 e. The zero-order valence-electron chi connectivity index (χ0n) is 13.8. The summed E-state index contributed by atoms with van der Waals surface area (Å²) in [6, 6.07) is 13.7. The number of benzene rings is 2. The van der Waals surface area contributed by atoms with Crippen LogP contribution in [0.15, 0.2) is 48.5 Å². The van der Waals surface area contributed by atoms with Crippen LogP contribution in [0.2, 0.25) is 0 Å². The molecule has 0 spiro atoms. The molecule has 128 valence electrons. The largest absolute Gasteiger partial charge is 0.383 e. The van der Waals surface area contributed by atoms with E-state index in [2.05, 4.69) is 5.32 Å². The van der Waals surface area contributed by atoms with Crippen LogP contribution in [0.25, 0.3) is 0 Å². The second kappa shape index (κ2) is 7.27. The average Bonchev–Trinajstić information content (AvgIpc) is 2.87. The van der Waals surface area contributed by atoms with E-state index < -0.39 is 0 Å². The maximum atomic E-state index is 12.4. The highest BCUT2D eigenvalue weighted by Gasteiger charge is 2.34. The number of rotatable bonds is 6. The molecule has 6 heteroatoms. The number of hydrogen-bond donors (Lipinski definition) is 1. The number of amides is 3. The fraction of sp³-hybridized carbons (Fsp3) is 0.211. The standard InChI is InChI=1S/C19H18N2O4/c1-25-10-9-20-17(22)14-6-4-5-13(11-14)12-21-18(23)15-7-2-3-8-16(15)19(21)24/h2-8,11H,9-10,12H2,1H3,(H,20,22). The van der Waals surface area contributed by atoms with E-state index >= 15 is 0 Å². The first-order chi connectivity index (χ1) is 12.1. The van der Waals surface area contributed by atoms with Gasteiger partial charge >= 0.3 is 0 Å². The molecule has 1 aliphatic heterocycles. The normalized spacial score (nSPS) is 13.1. The fourth-order valence-corrected chi connectivity index (χ4v) is 2.74. The molecule has 0 atom stereocenters. The molecule has 1 aliphatic rings. The monoisotopic (exact) mass is 338 g/mol. The van der Waals surface area contributed by atoms with Gasteiger partial charge in [0.1, 0.15) is 0 Å². The van der Waals surface area contributed by atoms with E-state index in [0.717, 1.165) is 0 Å². The van der Waals surface area contributed by atoms with Gasteiger partial charge in [-0.05, 0) is 29.8 Å². The van der Waals surface area contributed by atoms with Crippen molar-refractivity contribution in [3.8, 4) is 0 Å².